The Morgan fingerprint density at radius 3 is 2.50 bits per heavy atom. The molecule has 4 amide bonds. The van der Waals surface area contributed by atoms with Gasteiger partial charge in [0.15, 0.2) is 0 Å². The summed E-state index contributed by atoms with van der Waals surface area (Å²) in [5, 5.41) is 8.20. The van der Waals surface area contributed by atoms with Gasteiger partial charge >= 0.3 is 0 Å². The first-order chi connectivity index (χ1) is 14.3. The molecule has 1 aromatic rings. The van der Waals surface area contributed by atoms with Gasteiger partial charge in [-0.05, 0) is 37.8 Å². The van der Waals surface area contributed by atoms with Crippen LogP contribution in [0.5, 0.6) is 0 Å². The highest BCUT2D eigenvalue weighted by Gasteiger charge is 2.27. The molecule has 0 radical (unpaired) electrons. The predicted molar refractivity (Wildman–Crippen MR) is 111 cm³/mol. The van der Waals surface area contributed by atoms with Crippen LogP contribution in [0, 0.1) is 5.92 Å². The van der Waals surface area contributed by atoms with Gasteiger partial charge in [0.25, 0.3) is 5.91 Å². The van der Waals surface area contributed by atoms with Crippen molar-refractivity contribution in [2.24, 2.45) is 5.92 Å². The minimum atomic E-state index is -0.761. The molecule has 9 heteroatoms. The molecule has 0 spiro atoms. The largest absolute Gasteiger partial charge is 0.354 e. The molecule has 1 fully saturated rings. The minimum absolute atomic E-state index is 0.116. The molecule has 0 aliphatic carbocycles. The fourth-order valence-electron chi connectivity index (χ4n) is 3.18. The molecule has 2 atom stereocenters. The number of carbonyl (C=O) groups excluding carboxylic acids is 4. The first-order valence-electron chi connectivity index (χ1n) is 10.4. The monoisotopic (exact) mass is 417 g/mol. The van der Waals surface area contributed by atoms with Crippen LogP contribution in [0.1, 0.15) is 50.5 Å². The van der Waals surface area contributed by atoms with Crippen LogP contribution in [0.15, 0.2) is 24.4 Å². The highest BCUT2D eigenvalue weighted by atomic mass is 16.2. The summed E-state index contributed by atoms with van der Waals surface area (Å²) in [4.78, 5) is 55.7. The highest BCUT2D eigenvalue weighted by Crippen LogP contribution is 2.07. The Balaban J connectivity index is 2.13. The van der Waals surface area contributed by atoms with Crippen LogP contribution in [0.2, 0.25) is 0 Å². The second kappa shape index (κ2) is 11.3. The zero-order chi connectivity index (χ0) is 22.1. The van der Waals surface area contributed by atoms with Crippen LogP contribution in [0.3, 0.4) is 0 Å². The van der Waals surface area contributed by atoms with Gasteiger partial charge in [-0.2, -0.15) is 0 Å². The highest BCUT2D eigenvalue weighted by molar-refractivity contribution is 5.93. The molecule has 1 saturated heterocycles. The zero-order valence-electron chi connectivity index (χ0n) is 17.8. The molecule has 1 aromatic heterocycles. The molecule has 164 valence electrons. The van der Waals surface area contributed by atoms with E-state index in [-0.39, 0.29) is 30.1 Å². The van der Waals surface area contributed by atoms with Crippen molar-refractivity contribution in [2.45, 2.75) is 52.1 Å². The van der Waals surface area contributed by atoms with Crippen LogP contribution in [-0.2, 0) is 14.4 Å². The van der Waals surface area contributed by atoms with Gasteiger partial charge in [-0.1, -0.05) is 19.9 Å². The Morgan fingerprint density at radius 1 is 1.10 bits per heavy atom. The van der Waals surface area contributed by atoms with Crippen molar-refractivity contribution in [3.63, 3.8) is 0 Å². The van der Waals surface area contributed by atoms with Crippen molar-refractivity contribution in [2.75, 3.05) is 19.6 Å². The van der Waals surface area contributed by atoms with E-state index in [4.69, 9.17) is 0 Å². The minimum Gasteiger partial charge on any atom is -0.354 e. The fraction of sp³-hybridized carbons (Fsp3) is 0.571. The summed E-state index contributed by atoms with van der Waals surface area (Å²) >= 11 is 0. The Morgan fingerprint density at radius 2 is 1.83 bits per heavy atom. The van der Waals surface area contributed by atoms with E-state index in [0.717, 1.165) is 0 Å². The summed E-state index contributed by atoms with van der Waals surface area (Å²) in [7, 11) is 0. The number of nitrogens with one attached hydrogen (secondary N) is 3. The number of nitrogens with zero attached hydrogens (tertiary/aromatic N) is 2. The van der Waals surface area contributed by atoms with Crippen molar-refractivity contribution in [3.05, 3.63) is 30.1 Å². The Labute approximate surface area is 177 Å². The molecule has 9 nitrogen and oxygen atoms in total. The van der Waals surface area contributed by atoms with E-state index in [2.05, 4.69) is 20.9 Å². The molecule has 30 heavy (non-hydrogen) atoms. The van der Waals surface area contributed by atoms with E-state index in [1.165, 1.54) is 0 Å². The molecule has 3 N–H and O–H groups in total. The molecule has 2 rings (SSSR count). The van der Waals surface area contributed by atoms with Gasteiger partial charge in [-0.25, -0.2) is 0 Å². The number of amides is 4. The molecule has 0 bridgehead atoms. The lowest BCUT2D eigenvalue weighted by atomic mass is 10.0. The van der Waals surface area contributed by atoms with E-state index >= 15 is 0 Å². The fourth-order valence-corrected chi connectivity index (χ4v) is 3.18. The number of aromatic nitrogens is 1. The van der Waals surface area contributed by atoms with Gasteiger partial charge in [-0.3, -0.25) is 24.2 Å². The standard InChI is InChI=1S/C21H31N5O4/c1-14(2)18-20(29)23-11-7-13-26(21(30)16-8-4-5-10-22-16)12-6-9-17(27)24-15(3)19(28)25-18/h4-5,8,10,14-15,18H,6-7,9,11-13H2,1-3H3,(H,23,29)(H,24,27)(H,25,28)/t15-,18-/m1/s1. The molecule has 0 unspecified atom stereocenters. The van der Waals surface area contributed by atoms with Crippen LogP contribution in [0.4, 0.5) is 0 Å². The zero-order valence-corrected chi connectivity index (χ0v) is 17.8. The van der Waals surface area contributed by atoms with Crippen molar-refractivity contribution in [1.29, 1.82) is 0 Å². The first-order valence-corrected chi connectivity index (χ1v) is 10.4. The van der Waals surface area contributed by atoms with Gasteiger partial charge in [0.2, 0.25) is 17.7 Å². The lowest BCUT2D eigenvalue weighted by molar-refractivity contribution is -0.132. The van der Waals surface area contributed by atoms with Crippen molar-refractivity contribution < 1.29 is 19.2 Å². The summed E-state index contributed by atoms with van der Waals surface area (Å²) in [5.41, 5.74) is 0.340. The molecule has 1 aliphatic rings. The first kappa shape index (κ1) is 23.3. The summed E-state index contributed by atoms with van der Waals surface area (Å²) < 4.78 is 0. The number of rotatable bonds is 2. The van der Waals surface area contributed by atoms with E-state index in [9.17, 15) is 19.2 Å². The second-order valence-corrected chi connectivity index (χ2v) is 7.77. The number of pyridine rings is 1. The third kappa shape index (κ3) is 6.82. The van der Waals surface area contributed by atoms with E-state index in [0.29, 0.717) is 38.2 Å². The van der Waals surface area contributed by atoms with Crippen LogP contribution >= 0.6 is 0 Å². The lowest BCUT2D eigenvalue weighted by Crippen LogP contribution is -2.54. The molecule has 0 aromatic carbocycles. The van der Waals surface area contributed by atoms with Crippen molar-refractivity contribution in [3.8, 4) is 0 Å². The smallest absolute Gasteiger partial charge is 0.272 e. The summed E-state index contributed by atoms with van der Waals surface area (Å²) in [6.07, 6.45) is 2.76. The van der Waals surface area contributed by atoms with Gasteiger partial charge in [0, 0.05) is 32.3 Å². The summed E-state index contributed by atoms with van der Waals surface area (Å²) in [6, 6.07) is 3.68. The summed E-state index contributed by atoms with van der Waals surface area (Å²) in [6.45, 7) is 6.44. The third-order valence-electron chi connectivity index (χ3n) is 4.92. The normalized spacial score (nSPS) is 22.4. The second-order valence-electron chi connectivity index (χ2n) is 7.77. The van der Waals surface area contributed by atoms with Gasteiger partial charge in [0.05, 0.1) is 0 Å². The topological polar surface area (TPSA) is 120 Å². The maximum atomic E-state index is 12.8. The molecular formula is C21H31N5O4. The van der Waals surface area contributed by atoms with Crippen LogP contribution in [-0.4, -0.2) is 65.2 Å². The van der Waals surface area contributed by atoms with Gasteiger partial charge in [-0.15, -0.1) is 0 Å². The lowest BCUT2D eigenvalue weighted by Gasteiger charge is -2.24. The average Bonchev–Trinajstić information content (AvgIpc) is 2.72. The van der Waals surface area contributed by atoms with Crippen LogP contribution < -0.4 is 16.0 Å². The summed E-state index contributed by atoms with van der Waals surface area (Å²) in [5.74, 6) is -1.29. The Hall–Kier alpha value is -2.97. The van der Waals surface area contributed by atoms with E-state index in [1.807, 2.05) is 13.8 Å². The molecular weight excluding hydrogens is 386 g/mol. The Kier molecular flexibility index (Phi) is 8.76. The quantitative estimate of drug-likeness (QED) is 0.646. The van der Waals surface area contributed by atoms with Crippen molar-refractivity contribution in [1.82, 2.24) is 25.8 Å². The maximum absolute atomic E-state index is 12.8. The molecule has 0 saturated carbocycles. The predicted octanol–water partition coefficient (Wildman–Crippen LogP) is 0.469. The van der Waals surface area contributed by atoms with Gasteiger partial charge < -0.3 is 20.9 Å². The average molecular weight is 418 g/mol. The number of hydrogen-bond donors (Lipinski definition) is 3. The maximum Gasteiger partial charge on any atom is 0.272 e. The third-order valence-corrected chi connectivity index (χ3v) is 4.92. The van der Waals surface area contributed by atoms with E-state index < -0.39 is 18.0 Å². The SMILES string of the molecule is CC(C)[C@H]1NC(=O)[C@@H](C)NC(=O)CCCN(C(=O)c2ccccn2)CCCNC1=O. The van der Waals surface area contributed by atoms with Crippen LogP contribution in [0.25, 0.3) is 0 Å². The number of carbonyl (C=O) groups is 4. The van der Waals surface area contributed by atoms with E-state index in [1.54, 1.807) is 36.2 Å². The van der Waals surface area contributed by atoms with Crippen molar-refractivity contribution >= 4 is 23.6 Å². The molecule has 2 heterocycles. The molecule has 1 aliphatic heterocycles. The Bertz CT molecular complexity index is 753. The number of hydrogen-bond acceptors (Lipinski definition) is 5. The van der Waals surface area contributed by atoms with Gasteiger partial charge in [0.1, 0.15) is 17.8 Å².